The number of carbonyl (C=O) groups is 1. The molecule has 0 unspecified atom stereocenters. The van der Waals surface area contributed by atoms with Gasteiger partial charge in [0.25, 0.3) is 11.5 Å². The van der Waals surface area contributed by atoms with E-state index in [4.69, 9.17) is 4.74 Å². The fourth-order valence-electron chi connectivity index (χ4n) is 3.29. The van der Waals surface area contributed by atoms with Crippen LogP contribution in [0.15, 0.2) is 95.8 Å². The normalized spacial score (nSPS) is 10.6. The second kappa shape index (κ2) is 9.26. The number of rotatable bonds is 6. The van der Waals surface area contributed by atoms with Crippen molar-refractivity contribution in [2.24, 2.45) is 0 Å². The Balaban J connectivity index is 1.81. The molecule has 4 aromatic rings. The van der Waals surface area contributed by atoms with Crippen LogP contribution in [0.2, 0.25) is 0 Å². The van der Waals surface area contributed by atoms with Crippen molar-refractivity contribution >= 4 is 11.6 Å². The van der Waals surface area contributed by atoms with Crippen molar-refractivity contribution in [1.82, 2.24) is 9.78 Å². The molecule has 1 amide bonds. The number of hydrogen-bond acceptors (Lipinski definition) is 4. The molecule has 32 heavy (non-hydrogen) atoms. The molecular weight excluding hydrogens is 409 g/mol. The lowest BCUT2D eigenvalue weighted by Crippen LogP contribution is -2.34. The Morgan fingerprint density at radius 3 is 2.22 bits per heavy atom. The zero-order chi connectivity index (χ0) is 22.5. The number of ether oxygens (including phenoxy) is 1. The van der Waals surface area contributed by atoms with E-state index in [-0.39, 0.29) is 11.4 Å². The summed E-state index contributed by atoms with van der Waals surface area (Å²) in [6.07, 6.45) is 0. The van der Waals surface area contributed by atoms with Crippen LogP contribution in [0.25, 0.3) is 5.69 Å². The molecule has 3 aromatic carbocycles. The number of carbonyl (C=O) groups excluding carboxylic acids is 1. The van der Waals surface area contributed by atoms with Gasteiger partial charge in [-0.2, -0.15) is 9.78 Å². The topological polar surface area (TPSA) is 64.4 Å². The van der Waals surface area contributed by atoms with Crippen molar-refractivity contribution in [3.05, 3.63) is 118 Å². The zero-order valence-corrected chi connectivity index (χ0v) is 17.3. The van der Waals surface area contributed by atoms with Crippen LogP contribution >= 0.6 is 0 Å². The van der Waals surface area contributed by atoms with Crippen LogP contribution in [0, 0.1) is 5.82 Å². The first-order chi connectivity index (χ1) is 15.6. The number of hydrogen-bond donors (Lipinski definition) is 0. The third kappa shape index (κ3) is 4.41. The van der Waals surface area contributed by atoms with Crippen LogP contribution < -0.4 is 15.2 Å². The summed E-state index contributed by atoms with van der Waals surface area (Å²) in [4.78, 5) is 27.8. The fraction of sp³-hybridized carbons (Fsp3) is 0.0800. The number of amides is 1. The Morgan fingerprint density at radius 1 is 0.969 bits per heavy atom. The second-order valence-electron chi connectivity index (χ2n) is 7.00. The van der Waals surface area contributed by atoms with E-state index in [1.165, 1.54) is 37.4 Å². The number of aromatic nitrogens is 2. The monoisotopic (exact) mass is 429 g/mol. The lowest BCUT2D eigenvalue weighted by Gasteiger charge is -2.23. The van der Waals surface area contributed by atoms with E-state index in [0.717, 1.165) is 10.2 Å². The van der Waals surface area contributed by atoms with Gasteiger partial charge < -0.3 is 9.64 Å². The van der Waals surface area contributed by atoms with E-state index in [0.29, 0.717) is 17.9 Å². The maximum Gasteiger partial charge on any atom is 0.282 e. The molecule has 0 saturated carbocycles. The molecule has 0 N–H and O–H groups in total. The van der Waals surface area contributed by atoms with Gasteiger partial charge in [0.15, 0.2) is 11.4 Å². The standard InChI is InChI=1S/C25H20FN3O3/c1-32-22-16-23(30)29(21-14-12-19(26)13-15-21)27-24(22)25(31)28(20-10-6-3-7-11-20)17-18-8-4-2-5-9-18/h2-16H,17H2,1H3. The first-order valence-electron chi connectivity index (χ1n) is 9.92. The zero-order valence-electron chi connectivity index (χ0n) is 17.3. The average molecular weight is 429 g/mol. The smallest absolute Gasteiger partial charge is 0.282 e. The highest BCUT2D eigenvalue weighted by molar-refractivity contribution is 6.06. The summed E-state index contributed by atoms with van der Waals surface area (Å²) >= 11 is 0. The molecule has 160 valence electrons. The summed E-state index contributed by atoms with van der Waals surface area (Å²) in [6.45, 7) is 0.296. The number of methoxy groups -OCH3 is 1. The van der Waals surface area contributed by atoms with Crippen LogP contribution in [0.4, 0.5) is 10.1 Å². The number of nitrogens with zero attached hydrogens (tertiary/aromatic N) is 3. The highest BCUT2D eigenvalue weighted by Crippen LogP contribution is 2.23. The van der Waals surface area contributed by atoms with Gasteiger partial charge in [0.2, 0.25) is 0 Å². The van der Waals surface area contributed by atoms with Gasteiger partial charge in [-0.25, -0.2) is 4.39 Å². The van der Waals surface area contributed by atoms with Crippen molar-refractivity contribution in [3.63, 3.8) is 0 Å². The minimum atomic E-state index is -0.501. The van der Waals surface area contributed by atoms with Gasteiger partial charge in [0.05, 0.1) is 25.4 Å². The van der Waals surface area contributed by atoms with Crippen molar-refractivity contribution in [1.29, 1.82) is 0 Å². The third-order valence-corrected chi connectivity index (χ3v) is 4.89. The third-order valence-electron chi connectivity index (χ3n) is 4.89. The average Bonchev–Trinajstić information content (AvgIpc) is 2.84. The summed E-state index contributed by atoms with van der Waals surface area (Å²) in [7, 11) is 1.37. The maximum atomic E-state index is 13.7. The van der Waals surface area contributed by atoms with Crippen LogP contribution in [-0.2, 0) is 6.54 Å². The van der Waals surface area contributed by atoms with E-state index < -0.39 is 17.3 Å². The molecule has 4 rings (SSSR count). The first kappa shape index (κ1) is 21.0. The summed E-state index contributed by atoms with van der Waals surface area (Å²) in [5.41, 5.74) is 1.40. The maximum absolute atomic E-state index is 13.7. The molecule has 0 radical (unpaired) electrons. The van der Waals surface area contributed by atoms with Crippen LogP contribution in [0.5, 0.6) is 5.75 Å². The number of benzene rings is 3. The van der Waals surface area contributed by atoms with Gasteiger partial charge in [0, 0.05) is 5.69 Å². The molecule has 0 aliphatic carbocycles. The Labute approximate surface area is 184 Å². The molecule has 0 fully saturated rings. The number of para-hydroxylation sites is 1. The Morgan fingerprint density at radius 2 is 1.59 bits per heavy atom. The van der Waals surface area contributed by atoms with Crippen molar-refractivity contribution in [3.8, 4) is 11.4 Å². The van der Waals surface area contributed by atoms with E-state index in [2.05, 4.69) is 5.10 Å². The van der Waals surface area contributed by atoms with Gasteiger partial charge >= 0.3 is 0 Å². The van der Waals surface area contributed by atoms with Gasteiger partial charge in [-0.3, -0.25) is 9.59 Å². The molecule has 7 heteroatoms. The minimum Gasteiger partial charge on any atom is -0.494 e. The molecule has 1 aromatic heterocycles. The van der Waals surface area contributed by atoms with Crippen LogP contribution in [0.3, 0.4) is 0 Å². The summed E-state index contributed by atoms with van der Waals surface area (Å²) in [5, 5.41) is 4.30. The quantitative estimate of drug-likeness (QED) is 0.460. The molecule has 0 atom stereocenters. The fourth-order valence-corrected chi connectivity index (χ4v) is 3.29. The Kier molecular flexibility index (Phi) is 6.07. The van der Waals surface area contributed by atoms with E-state index in [1.807, 2.05) is 60.7 Å². The predicted octanol–water partition coefficient (Wildman–Crippen LogP) is 4.23. The van der Waals surface area contributed by atoms with Crippen LogP contribution in [0.1, 0.15) is 16.1 Å². The van der Waals surface area contributed by atoms with E-state index in [9.17, 15) is 14.0 Å². The van der Waals surface area contributed by atoms with Gasteiger partial charge in [-0.1, -0.05) is 48.5 Å². The first-order valence-corrected chi connectivity index (χ1v) is 9.92. The van der Waals surface area contributed by atoms with E-state index >= 15 is 0 Å². The van der Waals surface area contributed by atoms with E-state index in [1.54, 1.807) is 4.90 Å². The summed E-state index contributed by atoms with van der Waals surface area (Å²) < 4.78 is 19.7. The molecule has 0 bridgehead atoms. The van der Waals surface area contributed by atoms with Gasteiger partial charge in [0.1, 0.15) is 5.82 Å². The molecule has 1 heterocycles. The Hall–Kier alpha value is -4.26. The highest BCUT2D eigenvalue weighted by Gasteiger charge is 2.25. The number of halogens is 1. The summed E-state index contributed by atoms with van der Waals surface area (Å²) in [5.74, 6) is -0.815. The highest BCUT2D eigenvalue weighted by atomic mass is 19.1. The van der Waals surface area contributed by atoms with Crippen molar-refractivity contribution in [2.75, 3.05) is 12.0 Å². The van der Waals surface area contributed by atoms with Gasteiger partial charge in [-0.05, 0) is 42.0 Å². The molecular formula is C25H20FN3O3. The van der Waals surface area contributed by atoms with Gasteiger partial charge in [-0.15, -0.1) is 0 Å². The molecule has 0 spiro atoms. The minimum absolute atomic E-state index is 0.0313. The SMILES string of the molecule is COc1cc(=O)n(-c2ccc(F)cc2)nc1C(=O)N(Cc1ccccc1)c1ccccc1. The van der Waals surface area contributed by atoms with Crippen LogP contribution in [-0.4, -0.2) is 22.8 Å². The number of anilines is 1. The molecule has 0 aliphatic rings. The lowest BCUT2D eigenvalue weighted by atomic mass is 10.1. The molecule has 6 nitrogen and oxygen atoms in total. The summed E-state index contributed by atoms with van der Waals surface area (Å²) in [6, 6.07) is 25.2. The largest absolute Gasteiger partial charge is 0.494 e. The predicted molar refractivity (Wildman–Crippen MR) is 120 cm³/mol. The molecule has 0 aliphatic heterocycles. The van der Waals surface area contributed by atoms with Crippen molar-refractivity contribution < 1.29 is 13.9 Å². The van der Waals surface area contributed by atoms with Crippen molar-refractivity contribution in [2.45, 2.75) is 6.54 Å². The Bertz CT molecular complexity index is 1270. The molecule has 0 saturated heterocycles. The second-order valence-corrected chi connectivity index (χ2v) is 7.00. The lowest BCUT2D eigenvalue weighted by molar-refractivity contribution is 0.0975.